The molecule has 0 radical (unpaired) electrons. The Morgan fingerprint density at radius 1 is 0.625 bits per heavy atom. The van der Waals surface area contributed by atoms with Crippen molar-refractivity contribution in [1.29, 1.82) is 0 Å². The van der Waals surface area contributed by atoms with Crippen LogP contribution in [0.2, 0.25) is 0 Å². The van der Waals surface area contributed by atoms with E-state index < -0.39 is 0 Å². The molecule has 0 heterocycles. The summed E-state index contributed by atoms with van der Waals surface area (Å²) in [5, 5.41) is 34.0. The lowest BCUT2D eigenvalue weighted by Gasteiger charge is -2.14. The van der Waals surface area contributed by atoms with Gasteiger partial charge >= 0.3 is 0 Å². The highest BCUT2D eigenvalue weighted by molar-refractivity contribution is 6.09. The van der Waals surface area contributed by atoms with Crippen LogP contribution in [0.1, 0.15) is 5.56 Å². The summed E-state index contributed by atoms with van der Waals surface area (Å²) in [6, 6.07) is 20.3. The summed E-state index contributed by atoms with van der Waals surface area (Å²) < 4.78 is 0. The maximum atomic E-state index is 10.5. The molecule has 0 bridgehead atoms. The van der Waals surface area contributed by atoms with Gasteiger partial charge in [-0.2, -0.15) is 0 Å². The summed E-state index contributed by atoms with van der Waals surface area (Å²) in [6.07, 6.45) is 0. The van der Waals surface area contributed by atoms with Crippen LogP contribution in [-0.4, -0.2) is 15.3 Å². The molecule has 3 heteroatoms. The van der Waals surface area contributed by atoms with Crippen LogP contribution in [0.25, 0.3) is 32.7 Å². The predicted octanol–water partition coefficient (Wildman–Crippen LogP) is 4.56. The van der Waals surface area contributed by atoms with Gasteiger partial charge in [-0.05, 0) is 45.3 Å². The van der Waals surface area contributed by atoms with Crippen LogP contribution in [0.4, 0.5) is 0 Å². The van der Waals surface area contributed by atoms with Crippen LogP contribution in [0.15, 0.2) is 66.7 Å². The fraction of sp³-hybridized carbons (Fsp3) is 0.0476. The maximum absolute atomic E-state index is 10.5. The quantitative estimate of drug-likeness (QED) is 0.508. The largest absolute Gasteiger partial charge is 0.507 e. The average molecular weight is 316 g/mol. The summed E-state index contributed by atoms with van der Waals surface area (Å²) in [4.78, 5) is 0. The fourth-order valence-corrected chi connectivity index (χ4v) is 3.25. The van der Waals surface area contributed by atoms with Crippen molar-refractivity contribution >= 4 is 21.5 Å². The van der Waals surface area contributed by atoms with E-state index in [9.17, 15) is 15.3 Å². The summed E-state index contributed by atoms with van der Waals surface area (Å²) in [6.45, 7) is -0.0360. The van der Waals surface area contributed by atoms with E-state index >= 15 is 0 Å². The number of hydrogen-bond acceptors (Lipinski definition) is 3. The van der Waals surface area contributed by atoms with E-state index in [0.717, 1.165) is 27.1 Å². The molecule has 4 aromatic rings. The van der Waals surface area contributed by atoms with Gasteiger partial charge in [-0.3, -0.25) is 0 Å². The van der Waals surface area contributed by atoms with E-state index in [0.29, 0.717) is 11.1 Å². The standard InChI is InChI=1S/C21H16O3/c22-12-13-5-8-17-15(11-13)7-10-19(24)21(17)20-16-4-2-1-3-14(16)6-9-18(20)23/h1-11,22-24H,12H2. The smallest absolute Gasteiger partial charge is 0.124 e. The third-order valence-corrected chi connectivity index (χ3v) is 4.40. The second kappa shape index (κ2) is 5.55. The van der Waals surface area contributed by atoms with E-state index in [4.69, 9.17) is 0 Å². The first-order chi connectivity index (χ1) is 11.7. The molecule has 3 nitrogen and oxygen atoms in total. The van der Waals surface area contributed by atoms with E-state index in [1.165, 1.54) is 0 Å². The van der Waals surface area contributed by atoms with Gasteiger partial charge in [-0.1, -0.05) is 48.5 Å². The molecular weight excluding hydrogens is 300 g/mol. The predicted molar refractivity (Wildman–Crippen MR) is 96.1 cm³/mol. The monoisotopic (exact) mass is 316 g/mol. The van der Waals surface area contributed by atoms with Crippen molar-refractivity contribution in [2.75, 3.05) is 0 Å². The lowest BCUT2D eigenvalue weighted by molar-refractivity contribution is 0.282. The molecule has 0 spiro atoms. The molecule has 24 heavy (non-hydrogen) atoms. The van der Waals surface area contributed by atoms with Crippen molar-refractivity contribution in [2.24, 2.45) is 0 Å². The average Bonchev–Trinajstić information content (AvgIpc) is 2.62. The number of phenolic OH excluding ortho intramolecular Hbond substituents is 2. The fourth-order valence-electron chi connectivity index (χ4n) is 3.25. The third kappa shape index (κ3) is 2.18. The van der Waals surface area contributed by atoms with Gasteiger partial charge in [0.15, 0.2) is 0 Å². The number of benzene rings is 4. The van der Waals surface area contributed by atoms with Crippen molar-refractivity contribution in [3.05, 3.63) is 72.3 Å². The van der Waals surface area contributed by atoms with Crippen molar-refractivity contribution < 1.29 is 15.3 Å². The number of fused-ring (bicyclic) bond motifs is 2. The molecule has 0 aliphatic rings. The third-order valence-electron chi connectivity index (χ3n) is 4.40. The van der Waals surface area contributed by atoms with E-state index in [1.54, 1.807) is 12.1 Å². The van der Waals surface area contributed by atoms with Gasteiger partial charge in [-0.25, -0.2) is 0 Å². The van der Waals surface area contributed by atoms with Crippen LogP contribution in [0.3, 0.4) is 0 Å². The minimum Gasteiger partial charge on any atom is -0.507 e. The molecule has 0 aromatic heterocycles. The summed E-state index contributed by atoms with van der Waals surface area (Å²) >= 11 is 0. The first-order valence-electron chi connectivity index (χ1n) is 7.75. The molecule has 0 unspecified atom stereocenters. The molecule has 4 aromatic carbocycles. The molecule has 0 fully saturated rings. The minimum atomic E-state index is -0.0360. The second-order valence-corrected chi connectivity index (χ2v) is 5.85. The first-order valence-corrected chi connectivity index (χ1v) is 7.75. The van der Waals surface area contributed by atoms with Crippen LogP contribution in [0.5, 0.6) is 11.5 Å². The summed E-state index contributed by atoms with van der Waals surface area (Å²) in [5.41, 5.74) is 2.03. The maximum Gasteiger partial charge on any atom is 0.124 e. The first kappa shape index (κ1) is 14.5. The molecule has 0 saturated heterocycles. The molecule has 0 amide bonds. The topological polar surface area (TPSA) is 60.7 Å². The lowest BCUT2D eigenvalue weighted by Crippen LogP contribution is -1.88. The van der Waals surface area contributed by atoms with Crippen LogP contribution >= 0.6 is 0 Å². The van der Waals surface area contributed by atoms with E-state index in [2.05, 4.69) is 0 Å². The zero-order valence-electron chi connectivity index (χ0n) is 12.9. The van der Waals surface area contributed by atoms with Crippen molar-refractivity contribution in [3.63, 3.8) is 0 Å². The normalized spacial score (nSPS) is 11.2. The molecule has 0 atom stereocenters. The zero-order valence-corrected chi connectivity index (χ0v) is 12.9. The highest BCUT2D eigenvalue weighted by Gasteiger charge is 2.16. The Kier molecular flexibility index (Phi) is 3.36. The van der Waals surface area contributed by atoms with Gasteiger partial charge in [0.25, 0.3) is 0 Å². The minimum absolute atomic E-state index is 0.0360. The molecule has 0 aliphatic heterocycles. The van der Waals surface area contributed by atoms with Crippen LogP contribution < -0.4 is 0 Å². The van der Waals surface area contributed by atoms with Crippen molar-refractivity contribution in [1.82, 2.24) is 0 Å². The van der Waals surface area contributed by atoms with E-state index in [-0.39, 0.29) is 18.1 Å². The Balaban J connectivity index is 2.14. The van der Waals surface area contributed by atoms with Gasteiger partial charge in [-0.15, -0.1) is 0 Å². The number of aromatic hydroxyl groups is 2. The number of hydrogen-bond donors (Lipinski definition) is 3. The van der Waals surface area contributed by atoms with Crippen LogP contribution in [0, 0.1) is 0 Å². The Bertz CT molecular complexity index is 1070. The molecular formula is C21H16O3. The molecule has 0 saturated carbocycles. The highest BCUT2D eigenvalue weighted by atomic mass is 16.3. The molecule has 3 N–H and O–H groups in total. The van der Waals surface area contributed by atoms with Crippen LogP contribution in [-0.2, 0) is 6.61 Å². The highest BCUT2D eigenvalue weighted by Crippen LogP contribution is 2.44. The van der Waals surface area contributed by atoms with Crippen molar-refractivity contribution in [2.45, 2.75) is 6.61 Å². The van der Waals surface area contributed by atoms with Gasteiger partial charge in [0.1, 0.15) is 11.5 Å². The number of phenols is 2. The van der Waals surface area contributed by atoms with Gasteiger partial charge in [0.2, 0.25) is 0 Å². The molecule has 118 valence electrons. The van der Waals surface area contributed by atoms with Gasteiger partial charge < -0.3 is 15.3 Å². The Hall–Kier alpha value is -3.04. The lowest BCUT2D eigenvalue weighted by atomic mass is 9.92. The Morgan fingerprint density at radius 2 is 1.25 bits per heavy atom. The SMILES string of the molecule is OCc1ccc2c(-c3c(O)ccc4ccccc34)c(O)ccc2c1. The number of aliphatic hydroxyl groups excluding tert-OH is 1. The van der Waals surface area contributed by atoms with E-state index in [1.807, 2.05) is 54.6 Å². The molecule has 0 aliphatic carbocycles. The Labute approximate surface area is 139 Å². The summed E-state index contributed by atoms with van der Waals surface area (Å²) in [7, 11) is 0. The summed E-state index contributed by atoms with van der Waals surface area (Å²) in [5.74, 6) is 0.244. The molecule has 4 rings (SSSR count). The van der Waals surface area contributed by atoms with Gasteiger partial charge in [0, 0.05) is 11.1 Å². The van der Waals surface area contributed by atoms with Crippen molar-refractivity contribution in [3.8, 4) is 22.6 Å². The number of rotatable bonds is 2. The zero-order chi connectivity index (χ0) is 16.7. The number of aliphatic hydroxyl groups is 1. The second-order valence-electron chi connectivity index (χ2n) is 5.85. The van der Waals surface area contributed by atoms with Gasteiger partial charge in [0.05, 0.1) is 6.61 Å². The Morgan fingerprint density at radius 3 is 1.96 bits per heavy atom.